The molecule has 31 heavy (non-hydrogen) atoms. The summed E-state index contributed by atoms with van der Waals surface area (Å²) in [5, 5.41) is 9.16. The number of aromatic nitrogens is 3. The van der Waals surface area contributed by atoms with Crippen molar-refractivity contribution < 1.29 is 14.3 Å². The first-order chi connectivity index (χ1) is 15.0. The van der Waals surface area contributed by atoms with Crippen LogP contribution in [0, 0.1) is 13.8 Å². The molecular formula is C22H26N6O3. The highest BCUT2D eigenvalue weighted by molar-refractivity contribution is 5.77. The molecular weight excluding hydrogens is 396 g/mol. The highest BCUT2D eigenvalue weighted by Gasteiger charge is 2.05. The monoisotopic (exact) mass is 422 g/mol. The van der Waals surface area contributed by atoms with Crippen LogP contribution >= 0.6 is 0 Å². The summed E-state index contributed by atoms with van der Waals surface area (Å²) in [6, 6.07) is 12.7. The molecule has 0 unspecified atom stereocenters. The highest BCUT2D eigenvalue weighted by Crippen LogP contribution is 2.17. The van der Waals surface area contributed by atoms with Gasteiger partial charge in [0.05, 0.1) is 7.11 Å². The zero-order valence-corrected chi connectivity index (χ0v) is 17.8. The van der Waals surface area contributed by atoms with Gasteiger partial charge in [-0.25, -0.2) is 15.0 Å². The highest BCUT2D eigenvalue weighted by atomic mass is 16.5. The van der Waals surface area contributed by atoms with Gasteiger partial charge < -0.3 is 25.4 Å². The number of carbonyl (C=O) groups excluding carboxylic acids is 1. The molecule has 3 rings (SSSR count). The number of nitrogens with zero attached hydrogens (tertiary/aromatic N) is 3. The molecule has 0 spiro atoms. The molecule has 1 aromatic carbocycles. The van der Waals surface area contributed by atoms with E-state index in [1.807, 2.05) is 26.0 Å². The van der Waals surface area contributed by atoms with Gasteiger partial charge in [-0.15, -0.1) is 0 Å². The minimum atomic E-state index is -0.204. The van der Waals surface area contributed by atoms with Gasteiger partial charge in [0.1, 0.15) is 34.8 Å². The molecule has 9 nitrogen and oxygen atoms in total. The summed E-state index contributed by atoms with van der Waals surface area (Å²) in [4.78, 5) is 25.0. The van der Waals surface area contributed by atoms with E-state index in [1.54, 1.807) is 43.6 Å². The smallest absolute Gasteiger partial charge is 0.258 e. The molecule has 2 aromatic heterocycles. The number of amides is 1. The second-order valence-electron chi connectivity index (χ2n) is 6.77. The van der Waals surface area contributed by atoms with Crippen molar-refractivity contribution in [2.75, 3.05) is 37.4 Å². The van der Waals surface area contributed by atoms with E-state index in [-0.39, 0.29) is 12.5 Å². The number of nitrogens with one attached hydrogen (secondary N) is 3. The normalized spacial score (nSPS) is 10.3. The number of pyridine rings is 1. The zero-order chi connectivity index (χ0) is 22.1. The summed E-state index contributed by atoms with van der Waals surface area (Å²) in [5.74, 6) is 3.77. The molecule has 3 N–H and O–H groups in total. The molecule has 0 aliphatic rings. The number of hydrogen-bond acceptors (Lipinski definition) is 8. The summed E-state index contributed by atoms with van der Waals surface area (Å²) in [7, 11) is 1.60. The predicted octanol–water partition coefficient (Wildman–Crippen LogP) is 2.85. The maximum Gasteiger partial charge on any atom is 0.258 e. The van der Waals surface area contributed by atoms with Crippen LogP contribution in [0.25, 0.3) is 0 Å². The first-order valence-electron chi connectivity index (χ1n) is 9.84. The van der Waals surface area contributed by atoms with Crippen molar-refractivity contribution in [1.82, 2.24) is 20.3 Å². The molecule has 0 saturated carbocycles. The SMILES string of the molecule is COc1ccc(OCC(=O)NCCNc2cc(Nc3cc(C)ccn3)nc(C)n2)cc1. The fraction of sp³-hybridized carbons (Fsp3) is 0.273. The summed E-state index contributed by atoms with van der Waals surface area (Å²) >= 11 is 0. The van der Waals surface area contributed by atoms with Gasteiger partial charge in [-0.3, -0.25) is 4.79 Å². The van der Waals surface area contributed by atoms with E-state index in [2.05, 4.69) is 30.9 Å². The van der Waals surface area contributed by atoms with Crippen LogP contribution in [0.2, 0.25) is 0 Å². The van der Waals surface area contributed by atoms with Crippen molar-refractivity contribution in [3.63, 3.8) is 0 Å². The minimum Gasteiger partial charge on any atom is -0.497 e. The van der Waals surface area contributed by atoms with Crippen LogP contribution in [0.1, 0.15) is 11.4 Å². The number of aryl methyl sites for hydroxylation is 2. The summed E-state index contributed by atoms with van der Waals surface area (Å²) in [6.45, 7) is 4.69. The van der Waals surface area contributed by atoms with Gasteiger partial charge in [0.15, 0.2) is 6.61 Å². The molecule has 0 aliphatic carbocycles. The second kappa shape index (κ2) is 10.8. The van der Waals surface area contributed by atoms with E-state index in [0.29, 0.717) is 42.1 Å². The van der Waals surface area contributed by atoms with E-state index in [4.69, 9.17) is 9.47 Å². The maximum absolute atomic E-state index is 12.0. The fourth-order valence-corrected chi connectivity index (χ4v) is 2.72. The molecule has 162 valence electrons. The molecule has 0 saturated heterocycles. The molecule has 0 fully saturated rings. The van der Waals surface area contributed by atoms with E-state index in [9.17, 15) is 4.79 Å². The third kappa shape index (κ3) is 7.14. The third-order valence-corrected chi connectivity index (χ3v) is 4.19. The van der Waals surface area contributed by atoms with Gasteiger partial charge in [-0.05, 0) is 55.8 Å². The zero-order valence-electron chi connectivity index (χ0n) is 17.8. The summed E-state index contributed by atoms with van der Waals surface area (Å²) in [6.07, 6.45) is 1.74. The molecule has 0 bridgehead atoms. The first kappa shape index (κ1) is 21.8. The average Bonchev–Trinajstić information content (AvgIpc) is 2.75. The first-order valence-corrected chi connectivity index (χ1v) is 9.84. The Kier molecular flexibility index (Phi) is 7.58. The lowest BCUT2D eigenvalue weighted by Crippen LogP contribution is -2.32. The Hall–Kier alpha value is -3.88. The standard InChI is InChI=1S/C22H26N6O3/c1-15-8-9-23-19(12-15)28-21-13-20(26-16(2)27-21)24-10-11-25-22(29)14-31-18-6-4-17(30-3)5-7-18/h4-9,12-13H,10-11,14H2,1-3H3,(H,25,29)(H2,23,24,26,27,28). The van der Waals surface area contributed by atoms with Crippen LogP contribution < -0.4 is 25.4 Å². The van der Waals surface area contributed by atoms with Crippen molar-refractivity contribution in [3.8, 4) is 11.5 Å². The van der Waals surface area contributed by atoms with Gasteiger partial charge in [0, 0.05) is 25.4 Å². The average molecular weight is 422 g/mol. The molecule has 3 aromatic rings. The van der Waals surface area contributed by atoms with Crippen molar-refractivity contribution in [1.29, 1.82) is 0 Å². The molecule has 0 radical (unpaired) electrons. The predicted molar refractivity (Wildman–Crippen MR) is 119 cm³/mol. The van der Waals surface area contributed by atoms with Crippen LogP contribution in [-0.4, -0.2) is 47.7 Å². The van der Waals surface area contributed by atoms with Crippen LogP contribution in [0.4, 0.5) is 17.5 Å². The molecule has 0 aliphatic heterocycles. The Morgan fingerprint density at radius 2 is 1.68 bits per heavy atom. The van der Waals surface area contributed by atoms with Gasteiger partial charge in [-0.2, -0.15) is 0 Å². The van der Waals surface area contributed by atoms with Gasteiger partial charge in [-0.1, -0.05) is 0 Å². The van der Waals surface area contributed by atoms with Gasteiger partial charge >= 0.3 is 0 Å². The molecule has 2 heterocycles. The van der Waals surface area contributed by atoms with Crippen LogP contribution in [0.5, 0.6) is 11.5 Å². The largest absolute Gasteiger partial charge is 0.497 e. The van der Waals surface area contributed by atoms with E-state index in [0.717, 1.165) is 11.3 Å². The van der Waals surface area contributed by atoms with Crippen molar-refractivity contribution in [2.24, 2.45) is 0 Å². The second-order valence-corrected chi connectivity index (χ2v) is 6.77. The Morgan fingerprint density at radius 3 is 2.42 bits per heavy atom. The summed E-state index contributed by atoms with van der Waals surface area (Å²) < 4.78 is 10.5. The Morgan fingerprint density at radius 1 is 0.935 bits per heavy atom. The molecule has 1 amide bonds. The van der Waals surface area contributed by atoms with Crippen molar-refractivity contribution in [2.45, 2.75) is 13.8 Å². The lowest BCUT2D eigenvalue weighted by atomic mass is 10.3. The quantitative estimate of drug-likeness (QED) is 0.428. The lowest BCUT2D eigenvalue weighted by Gasteiger charge is -2.11. The van der Waals surface area contributed by atoms with E-state index < -0.39 is 0 Å². The topological polar surface area (TPSA) is 110 Å². The van der Waals surface area contributed by atoms with Crippen molar-refractivity contribution >= 4 is 23.4 Å². The third-order valence-electron chi connectivity index (χ3n) is 4.19. The maximum atomic E-state index is 12.0. The summed E-state index contributed by atoms with van der Waals surface area (Å²) in [5.41, 5.74) is 1.10. The number of anilines is 3. The fourth-order valence-electron chi connectivity index (χ4n) is 2.72. The lowest BCUT2D eigenvalue weighted by molar-refractivity contribution is -0.123. The number of ether oxygens (including phenoxy) is 2. The number of carbonyl (C=O) groups is 1. The number of methoxy groups -OCH3 is 1. The number of benzene rings is 1. The van der Waals surface area contributed by atoms with Crippen molar-refractivity contribution in [3.05, 3.63) is 60.0 Å². The van der Waals surface area contributed by atoms with Crippen LogP contribution in [0.15, 0.2) is 48.7 Å². The molecule has 0 atom stereocenters. The Labute approximate surface area is 181 Å². The van der Waals surface area contributed by atoms with Crippen LogP contribution in [0.3, 0.4) is 0 Å². The minimum absolute atomic E-state index is 0.0590. The Bertz CT molecular complexity index is 1010. The van der Waals surface area contributed by atoms with E-state index >= 15 is 0 Å². The van der Waals surface area contributed by atoms with Crippen LogP contribution in [-0.2, 0) is 4.79 Å². The Balaban J connectivity index is 1.42. The van der Waals surface area contributed by atoms with Gasteiger partial charge in [0.2, 0.25) is 0 Å². The number of rotatable bonds is 10. The molecule has 9 heteroatoms. The van der Waals surface area contributed by atoms with Gasteiger partial charge in [0.25, 0.3) is 5.91 Å². The number of hydrogen-bond donors (Lipinski definition) is 3. The van der Waals surface area contributed by atoms with E-state index in [1.165, 1.54) is 0 Å².